The van der Waals surface area contributed by atoms with Crippen LogP contribution in [0, 0.1) is 0 Å². The molecule has 3 aromatic carbocycles. The number of nitrogens with one attached hydrogen (secondary N) is 2. The number of benzene rings is 3. The van der Waals surface area contributed by atoms with Gasteiger partial charge in [0.15, 0.2) is 0 Å². The summed E-state index contributed by atoms with van der Waals surface area (Å²) in [6.45, 7) is 4.14. The monoisotopic (exact) mass is 398 g/mol. The van der Waals surface area contributed by atoms with Crippen molar-refractivity contribution in [2.75, 3.05) is 19.0 Å². The molecule has 2 N–H and O–H groups in total. The predicted molar refractivity (Wildman–Crippen MR) is 122 cm³/mol. The van der Waals surface area contributed by atoms with Gasteiger partial charge in [0, 0.05) is 17.6 Å². The highest BCUT2D eigenvalue weighted by Crippen LogP contribution is 2.35. The number of ether oxygens (including phenoxy) is 1. The normalized spacial score (nSPS) is 10.6. The van der Waals surface area contributed by atoms with Crippen LogP contribution >= 0.6 is 0 Å². The van der Waals surface area contributed by atoms with Gasteiger partial charge in [0.25, 0.3) is 0 Å². The summed E-state index contributed by atoms with van der Waals surface area (Å²) in [6.07, 6.45) is 2.58. The molecule has 0 bridgehead atoms. The molecule has 0 aliphatic heterocycles. The largest absolute Gasteiger partial charge is 0.497 e. The van der Waals surface area contributed by atoms with Crippen LogP contribution < -0.4 is 15.4 Å². The van der Waals surface area contributed by atoms with E-state index in [2.05, 4.69) is 47.2 Å². The first-order valence-corrected chi connectivity index (χ1v) is 9.82. The van der Waals surface area contributed by atoms with Crippen LogP contribution in [-0.4, -0.2) is 19.7 Å². The van der Waals surface area contributed by atoms with Crippen molar-refractivity contribution >= 4 is 11.7 Å². The van der Waals surface area contributed by atoms with Gasteiger partial charge < -0.3 is 15.4 Å². The number of anilines is 1. The summed E-state index contributed by atoms with van der Waals surface area (Å²) in [4.78, 5) is 12.7. The Morgan fingerprint density at radius 1 is 0.967 bits per heavy atom. The summed E-state index contributed by atoms with van der Waals surface area (Å²) in [5.41, 5.74) is 5.38. The van der Waals surface area contributed by atoms with Gasteiger partial charge in [0.1, 0.15) is 5.75 Å². The third-order valence-corrected chi connectivity index (χ3v) is 5.15. The Morgan fingerprint density at radius 2 is 1.53 bits per heavy atom. The highest BCUT2D eigenvalue weighted by atomic mass is 16.5. The van der Waals surface area contributed by atoms with E-state index in [1.165, 1.54) is 0 Å². The summed E-state index contributed by atoms with van der Waals surface area (Å²) in [5.74, 6) is 0.740. The summed E-state index contributed by atoms with van der Waals surface area (Å²) < 4.78 is 5.16. The Kier molecular flexibility index (Phi) is 7.09. The number of rotatable bonds is 8. The van der Waals surface area contributed by atoms with E-state index in [0.717, 1.165) is 16.9 Å². The van der Waals surface area contributed by atoms with Crippen LogP contribution in [0.5, 0.6) is 5.75 Å². The number of urea groups is 1. The van der Waals surface area contributed by atoms with E-state index >= 15 is 0 Å². The number of hydrogen-bond donors (Lipinski definition) is 2. The molecule has 0 saturated carbocycles. The van der Waals surface area contributed by atoms with Gasteiger partial charge in [-0.05, 0) is 47.9 Å². The zero-order valence-electron chi connectivity index (χ0n) is 17.1. The van der Waals surface area contributed by atoms with Crippen molar-refractivity contribution < 1.29 is 9.53 Å². The number of amides is 2. The van der Waals surface area contributed by atoms with Crippen LogP contribution in [0.25, 0.3) is 0 Å². The number of methoxy groups -OCH3 is 1. The molecule has 4 heteroatoms. The third kappa shape index (κ3) is 4.99. The zero-order chi connectivity index (χ0) is 21.2. The van der Waals surface area contributed by atoms with Gasteiger partial charge in [0.05, 0.1) is 7.11 Å². The second-order valence-corrected chi connectivity index (χ2v) is 6.96. The van der Waals surface area contributed by atoms with Gasteiger partial charge in [0.2, 0.25) is 0 Å². The molecule has 0 fully saturated rings. The van der Waals surface area contributed by atoms with Crippen molar-refractivity contribution in [3.63, 3.8) is 0 Å². The van der Waals surface area contributed by atoms with Crippen LogP contribution in [0.3, 0.4) is 0 Å². The van der Waals surface area contributed by atoms with Crippen molar-refractivity contribution in [3.8, 4) is 5.75 Å². The summed E-state index contributed by atoms with van der Waals surface area (Å²) in [6, 6.07) is 27.4. The molecule has 0 unspecified atom stereocenters. The van der Waals surface area contributed by atoms with Gasteiger partial charge in [-0.2, -0.15) is 0 Å². The molecule has 3 rings (SSSR count). The van der Waals surface area contributed by atoms with Crippen LogP contribution in [0.2, 0.25) is 0 Å². The quantitative estimate of drug-likeness (QED) is 0.490. The number of hydrogen-bond acceptors (Lipinski definition) is 2. The minimum absolute atomic E-state index is 0.265. The molecule has 4 nitrogen and oxygen atoms in total. The van der Waals surface area contributed by atoms with E-state index in [1.54, 1.807) is 19.2 Å². The average Bonchev–Trinajstić information content (AvgIpc) is 2.81. The van der Waals surface area contributed by atoms with E-state index in [9.17, 15) is 4.79 Å². The van der Waals surface area contributed by atoms with Crippen molar-refractivity contribution in [2.45, 2.75) is 11.8 Å². The third-order valence-electron chi connectivity index (χ3n) is 5.15. The first-order valence-electron chi connectivity index (χ1n) is 9.82. The Labute approximate surface area is 177 Å². The maximum atomic E-state index is 12.7. The Bertz CT molecular complexity index is 953. The molecule has 0 heterocycles. The standard InChI is InChI=1S/C26H26N2O2/c1-3-4-19-26(21-11-7-5-8-12-21,22-13-9-6-10-14-22)20-27-25(29)28-23-15-17-24(30-2)18-16-23/h4-18H,1,19-20H2,2H3,(H2,27,28,29). The molecule has 0 radical (unpaired) electrons. The maximum Gasteiger partial charge on any atom is 0.319 e. The van der Waals surface area contributed by atoms with Crippen LogP contribution in [0.15, 0.2) is 103 Å². The fraction of sp³-hybridized carbons (Fsp3) is 0.154. The Morgan fingerprint density at radius 3 is 2.03 bits per heavy atom. The van der Waals surface area contributed by atoms with Gasteiger partial charge in [-0.3, -0.25) is 0 Å². The van der Waals surface area contributed by atoms with E-state index in [4.69, 9.17) is 4.74 Å². The van der Waals surface area contributed by atoms with Crippen LogP contribution in [-0.2, 0) is 5.41 Å². The lowest BCUT2D eigenvalue weighted by molar-refractivity contribution is 0.250. The molecule has 2 amide bonds. The van der Waals surface area contributed by atoms with Crippen molar-refractivity contribution in [1.29, 1.82) is 0 Å². The second kappa shape index (κ2) is 10.1. The van der Waals surface area contributed by atoms with E-state index in [1.807, 2.05) is 54.6 Å². The predicted octanol–water partition coefficient (Wildman–Crippen LogP) is 5.53. The Balaban J connectivity index is 1.86. The van der Waals surface area contributed by atoms with Crippen molar-refractivity contribution in [3.05, 3.63) is 114 Å². The molecule has 0 saturated heterocycles. The lowest BCUT2D eigenvalue weighted by atomic mass is 9.72. The average molecular weight is 399 g/mol. The number of carbonyl (C=O) groups is 1. The first kappa shape index (κ1) is 21.0. The molecule has 0 atom stereocenters. The minimum Gasteiger partial charge on any atom is -0.497 e. The highest BCUT2D eigenvalue weighted by Gasteiger charge is 2.33. The fourth-order valence-electron chi connectivity index (χ4n) is 3.52. The van der Waals surface area contributed by atoms with Crippen molar-refractivity contribution in [1.82, 2.24) is 5.32 Å². The van der Waals surface area contributed by atoms with Gasteiger partial charge in [-0.15, -0.1) is 5.73 Å². The summed E-state index contributed by atoms with van der Waals surface area (Å²) in [5, 5.41) is 5.94. The number of carbonyl (C=O) groups excluding carboxylic acids is 1. The van der Waals surface area contributed by atoms with Crippen molar-refractivity contribution in [2.24, 2.45) is 0 Å². The maximum absolute atomic E-state index is 12.7. The second-order valence-electron chi connectivity index (χ2n) is 6.96. The minimum atomic E-state index is -0.440. The molecular weight excluding hydrogens is 372 g/mol. The molecular formula is C26H26N2O2. The lowest BCUT2D eigenvalue weighted by Gasteiger charge is -2.34. The first-order chi connectivity index (χ1) is 14.7. The highest BCUT2D eigenvalue weighted by molar-refractivity contribution is 5.89. The molecule has 152 valence electrons. The van der Waals surface area contributed by atoms with E-state index in [0.29, 0.717) is 18.7 Å². The van der Waals surface area contributed by atoms with Gasteiger partial charge in [-0.1, -0.05) is 67.2 Å². The van der Waals surface area contributed by atoms with E-state index in [-0.39, 0.29) is 6.03 Å². The number of allylic oxidation sites excluding steroid dienone is 1. The fourth-order valence-corrected chi connectivity index (χ4v) is 3.52. The summed E-state index contributed by atoms with van der Waals surface area (Å²) in [7, 11) is 1.61. The lowest BCUT2D eigenvalue weighted by Crippen LogP contribution is -2.43. The SMILES string of the molecule is C=C=CCC(CNC(=O)Nc1ccc(OC)cc1)(c1ccccc1)c1ccccc1. The van der Waals surface area contributed by atoms with E-state index < -0.39 is 5.41 Å². The molecule has 0 aromatic heterocycles. The molecule has 0 spiro atoms. The van der Waals surface area contributed by atoms with Crippen LogP contribution in [0.1, 0.15) is 17.5 Å². The van der Waals surface area contributed by atoms with Crippen LogP contribution in [0.4, 0.5) is 10.5 Å². The molecule has 30 heavy (non-hydrogen) atoms. The van der Waals surface area contributed by atoms with Gasteiger partial charge >= 0.3 is 6.03 Å². The Hall–Kier alpha value is -3.75. The topological polar surface area (TPSA) is 50.4 Å². The zero-order valence-corrected chi connectivity index (χ0v) is 17.1. The van der Waals surface area contributed by atoms with Gasteiger partial charge in [-0.25, -0.2) is 4.79 Å². The molecule has 0 aliphatic rings. The summed E-state index contributed by atoms with van der Waals surface area (Å²) >= 11 is 0. The smallest absolute Gasteiger partial charge is 0.319 e. The molecule has 3 aromatic rings. The molecule has 0 aliphatic carbocycles.